The molecule has 2 aliphatic heterocycles. The number of carbonyl (C=O) groups excluding carboxylic acids is 2. The fourth-order valence-corrected chi connectivity index (χ4v) is 6.73. The highest BCUT2D eigenvalue weighted by molar-refractivity contribution is 7.89. The van der Waals surface area contributed by atoms with Gasteiger partial charge in [-0.15, -0.1) is 0 Å². The Labute approximate surface area is 204 Å². The van der Waals surface area contributed by atoms with Gasteiger partial charge in [0, 0.05) is 38.6 Å². The minimum absolute atomic E-state index is 0.0231. The van der Waals surface area contributed by atoms with Crippen LogP contribution >= 0.6 is 0 Å². The monoisotopic (exact) mass is 492 g/mol. The number of nitrogens with zero attached hydrogens (tertiary/aromatic N) is 3. The van der Waals surface area contributed by atoms with Crippen molar-refractivity contribution in [3.63, 3.8) is 0 Å². The molecule has 9 heteroatoms. The Hall–Kier alpha value is -1.97. The van der Waals surface area contributed by atoms with Crippen LogP contribution in [-0.2, 0) is 19.6 Å². The molecule has 1 aromatic carbocycles. The van der Waals surface area contributed by atoms with Crippen molar-refractivity contribution >= 4 is 21.8 Å². The van der Waals surface area contributed by atoms with E-state index in [1.54, 1.807) is 29.2 Å². The summed E-state index contributed by atoms with van der Waals surface area (Å²) in [6.07, 6.45) is 2.40. The van der Waals surface area contributed by atoms with Crippen molar-refractivity contribution in [1.82, 2.24) is 19.4 Å². The number of carbonyl (C=O) groups is 2. The molecule has 0 saturated carbocycles. The molecule has 2 saturated heterocycles. The van der Waals surface area contributed by atoms with Crippen LogP contribution in [0.4, 0.5) is 0 Å². The van der Waals surface area contributed by atoms with Gasteiger partial charge in [0.05, 0.1) is 4.90 Å². The summed E-state index contributed by atoms with van der Waals surface area (Å²) in [5.41, 5.74) is 0.964. The molecule has 0 radical (unpaired) electrons. The van der Waals surface area contributed by atoms with Crippen LogP contribution in [0, 0.1) is 18.3 Å². The topological polar surface area (TPSA) is 90.0 Å². The summed E-state index contributed by atoms with van der Waals surface area (Å²) in [6.45, 7) is 8.97. The Kier molecular flexibility index (Phi) is 8.42. The molecule has 34 heavy (non-hydrogen) atoms. The average molecular weight is 493 g/mol. The Balaban J connectivity index is 1.56. The minimum Gasteiger partial charge on any atom is -0.355 e. The predicted molar refractivity (Wildman–Crippen MR) is 133 cm³/mol. The molecule has 2 fully saturated rings. The number of rotatable bonds is 8. The van der Waals surface area contributed by atoms with Gasteiger partial charge in [0.1, 0.15) is 6.04 Å². The summed E-state index contributed by atoms with van der Waals surface area (Å²) in [6, 6.07) is 6.10. The van der Waals surface area contributed by atoms with Crippen LogP contribution in [0.1, 0.15) is 45.1 Å². The molecule has 1 atom stereocenters. The van der Waals surface area contributed by atoms with Gasteiger partial charge in [-0.2, -0.15) is 4.31 Å². The first-order valence-corrected chi connectivity index (χ1v) is 13.6. The zero-order valence-corrected chi connectivity index (χ0v) is 22.0. The molecule has 8 nitrogen and oxygen atoms in total. The second-order valence-corrected chi connectivity index (χ2v) is 12.7. The molecule has 2 amide bonds. The van der Waals surface area contributed by atoms with Gasteiger partial charge in [0.25, 0.3) is 0 Å². The van der Waals surface area contributed by atoms with Crippen LogP contribution < -0.4 is 5.32 Å². The van der Waals surface area contributed by atoms with E-state index in [0.29, 0.717) is 51.9 Å². The molecule has 0 bridgehead atoms. The maximum Gasteiger partial charge on any atom is 0.243 e. The number of sulfonamides is 1. The molecule has 0 unspecified atom stereocenters. The van der Waals surface area contributed by atoms with Gasteiger partial charge in [-0.3, -0.25) is 9.59 Å². The molecule has 2 aliphatic rings. The van der Waals surface area contributed by atoms with E-state index in [9.17, 15) is 18.0 Å². The SMILES string of the molecule is Cc1ccc(S(=O)(=O)N2CCC[C@H]2C(=O)N2CCC(C(=O)NCC(C)(C)CN(C)C)CC2)cc1. The number of amides is 2. The number of piperidine rings is 1. The zero-order chi connectivity index (χ0) is 25.1. The van der Waals surface area contributed by atoms with Crippen molar-refractivity contribution in [1.29, 1.82) is 0 Å². The number of hydrogen-bond acceptors (Lipinski definition) is 5. The number of likely N-dealkylation sites (tertiary alicyclic amines) is 1. The van der Waals surface area contributed by atoms with Crippen molar-refractivity contribution in [2.75, 3.05) is 46.8 Å². The first-order valence-electron chi connectivity index (χ1n) is 12.2. The third-order valence-corrected chi connectivity index (χ3v) is 8.70. The van der Waals surface area contributed by atoms with Crippen LogP contribution in [0.5, 0.6) is 0 Å². The molecule has 0 aromatic heterocycles. The van der Waals surface area contributed by atoms with Crippen LogP contribution in [-0.4, -0.2) is 87.2 Å². The second-order valence-electron chi connectivity index (χ2n) is 10.8. The van der Waals surface area contributed by atoms with Crippen LogP contribution in [0.3, 0.4) is 0 Å². The summed E-state index contributed by atoms with van der Waals surface area (Å²) in [5, 5.41) is 3.09. The average Bonchev–Trinajstić information content (AvgIpc) is 3.27. The number of benzene rings is 1. The normalized spacial score (nSPS) is 20.6. The Morgan fingerprint density at radius 1 is 1.06 bits per heavy atom. The Bertz CT molecular complexity index is 967. The molecule has 3 rings (SSSR count). The Morgan fingerprint density at radius 2 is 1.68 bits per heavy atom. The zero-order valence-electron chi connectivity index (χ0n) is 21.2. The molecule has 2 heterocycles. The smallest absolute Gasteiger partial charge is 0.243 e. The van der Waals surface area contributed by atoms with Gasteiger partial charge < -0.3 is 15.1 Å². The van der Waals surface area contributed by atoms with E-state index in [2.05, 4.69) is 24.1 Å². The van der Waals surface area contributed by atoms with Gasteiger partial charge >= 0.3 is 0 Å². The van der Waals surface area contributed by atoms with Crippen LogP contribution in [0.15, 0.2) is 29.2 Å². The molecular weight excluding hydrogens is 452 g/mol. The summed E-state index contributed by atoms with van der Waals surface area (Å²) < 4.78 is 27.8. The lowest BCUT2D eigenvalue weighted by Gasteiger charge is -2.35. The highest BCUT2D eigenvalue weighted by atomic mass is 32.2. The van der Waals surface area contributed by atoms with Crippen molar-refractivity contribution < 1.29 is 18.0 Å². The van der Waals surface area contributed by atoms with Crippen molar-refractivity contribution in [3.05, 3.63) is 29.8 Å². The van der Waals surface area contributed by atoms with Crippen LogP contribution in [0.25, 0.3) is 0 Å². The molecule has 1 N–H and O–H groups in total. The lowest BCUT2D eigenvalue weighted by Crippen LogP contribution is -2.51. The van der Waals surface area contributed by atoms with Crippen LogP contribution in [0.2, 0.25) is 0 Å². The summed E-state index contributed by atoms with van der Waals surface area (Å²) in [7, 11) is 0.319. The highest BCUT2D eigenvalue weighted by Crippen LogP contribution is 2.29. The quantitative estimate of drug-likeness (QED) is 0.600. The van der Waals surface area contributed by atoms with E-state index in [-0.39, 0.29) is 28.0 Å². The molecule has 0 aliphatic carbocycles. The van der Waals surface area contributed by atoms with Crippen molar-refractivity contribution in [3.8, 4) is 0 Å². The molecule has 0 spiro atoms. The largest absolute Gasteiger partial charge is 0.355 e. The number of hydrogen-bond donors (Lipinski definition) is 1. The maximum atomic E-state index is 13.3. The highest BCUT2D eigenvalue weighted by Gasteiger charge is 2.42. The Morgan fingerprint density at radius 3 is 2.26 bits per heavy atom. The van der Waals surface area contributed by atoms with E-state index >= 15 is 0 Å². The van der Waals surface area contributed by atoms with E-state index in [4.69, 9.17) is 0 Å². The van der Waals surface area contributed by atoms with E-state index in [0.717, 1.165) is 12.1 Å². The summed E-state index contributed by atoms with van der Waals surface area (Å²) >= 11 is 0. The standard InChI is InChI=1S/C25H40N4O4S/c1-19-8-10-21(11-9-19)34(32,33)29-14-6-7-22(29)24(31)28-15-12-20(13-16-28)23(30)26-17-25(2,3)18-27(4)5/h8-11,20,22H,6-7,12-18H2,1-5H3,(H,26,30)/t22-/m0/s1. The van der Waals surface area contributed by atoms with Gasteiger partial charge in [0.15, 0.2) is 0 Å². The fourth-order valence-electron chi connectivity index (χ4n) is 5.08. The third-order valence-electron chi connectivity index (χ3n) is 6.78. The maximum absolute atomic E-state index is 13.3. The number of nitrogens with one attached hydrogen (secondary N) is 1. The first kappa shape index (κ1) is 26.6. The summed E-state index contributed by atoms with van der Waals surface area (Å²) in [4.78, 5) is 30.1. The molecular formula is C25H40N4O4S. The number of aryl methyl sites for hydroxylation is 1. The molecule has 1 aromatic rings. The molecule has 190 valence electrons. The van der Waals surface area contributed by atoms with Gasteiger partial charge in [-0.1, -0.05) is 31.5 Å². The predicted octanol–water partition coefficient (Wildman–Crippen LogP) is 2.09. The lowest BCUT2D eigenvalue weighted by molar-refractivity contribution is -0.138. The first-order chi connectivity index (χ1) is 15.9. The van der Waals surface area contributed by atoms with Gasteiger partial charge in [0.2, 0.25) is 21.8 Å². The van der Waals surface area contributed by atoms with E-state index < -0.39 is 16.1 Å². The van der Waals surface area contributed by atoms with Gasteiger partial charge in [-0.05, 0) is 64.3 Å². The van der Waals surface area contributed by atoms with Crippen molar-refractivity contribution in [2.24, 2.45) is 11.3 Å². The summed E-state index contributed by atoms with van der Waals surface area (Å²) in [5.74, 6) is -0.210. The van der Waals surface area contributed by atoms with E-state index in [1.165, 1.54) is 4.31 Å². The second kappa shape index (κ2) is 10.7. The van der Waals surface area contributed by atoms with Gasteiger partial charge in [-0.25, -0.2) is 8.42 Å². The minimum atomic E-state index is -3.72. The fraction of sp³-hybridized carbons (Fsp3) is 0.680. The lowest BCUT2D eigenvalue weighted by atomic mass is 9.91. The van der Waals surface area contributed by atoms with E-state index in [1.807, 2.05) is 21.0 Å². The third kappa shape index (κ3) is 6.37. The van der Waals surface area contributed by atoms with Crippen molar-refractivity contribution in [2.45, 2.75) is 57.4 Å².